The van der Waals surface area contributed by atoms with E-state index in [0.717, 1.165) is 0 Å². The molecule has 0 atom stereocenters. The van der Waals surface area contributed by atoms with Crippen molar-refractivity contribution >= 4 is 40.5 Å². The summed E-state index contributed by atoms with van der Waals surface area (Å²) in [5.41, 5.74) is 6.86. The lowest BCUT2D eigenvalue weighted by molar-refractivity contribution is 0.102. The topological polar surface area (TPSA) is 68.0 Å². The van der Waals surface area contributed by atoms with Crippen LogP contribution in [-0.2, 0) is 0 Å². The highest BCUT2D eigenvalue weighted by atomic mass is 35.5. The molecule has 4 nitrogen and oxygen atoms in total. The SMILES string of the molecule is Nc1cc(Cl)c(Cl)c(C(=O)Nc2ccncc2)c1. The molecule has 0 bridgehead atoms. The van der Waals surface area contributed by atoms with E-state index in [2.05, 4.69) is 10.3 Å². The highest BCUT2D eigenvalue weighted by molar-refractivity contribution is 6.44. The van der Waals surface area contributed by atoms with Crippen LogP contribution >= 0.6 is 23.2 Å². The minimum absolute atomic E-state index is 0.178. The third kappa shape index (κ3) is 2.72. The van der Waals surface area contributed by atoms with Gasteiger partial charge in [-0.2, -0.15) is 0 Å². The lowest BCUT2D eigenvalue weighted by Crippen LogP contribution is -2.13. The van der Waals surface area contributed by atoms with E-state index in [4.69, 9.17) is 28.9 Å². The summed E-state index contributed by atoms with van der Waals surface area (Å²) in [5.74, 6) is -0.375. The summed E-state index contributed by atoms with van der Waals surface area (Å²) in [5, 5.41) is 3.10. The molecular weight excluding hydrogens is 273 g/mol. The molecule has 18 heavy (non-hydrogen) atoms. The van der Waals surface area contributed by atoms with Gasteiger partial charge in [0.15, 0.2) is 0 Å². The average Bonchev–Trinajstić information content (AvgIpc) is 2.35. The summed E-state index contributed by atoms with van der Waals surface area (Å²) in [6.07, 6.45) is 3.15. The fourth-order valence-corrected chi connectivity index (χ4v) is 1.83. The van der Waals surface area contributed by atoms with E-state index in [1.54, 1.807) is 24.5 Å². The van der Waals surface area contributed by atoms with E-state index in [1.165, 1.54) is 12.1 Å². The smallest absolute Gasteiger partial charge is 0.257 e. The molecule has 0 unspecified atom stereocenters. The average molecular weight is 282 g/mol. The Balaban J connectivity index is 2.30. The minimum atomic E-state index is -0.375. The van der Waals surface area contributed by atoms with Crippen molar-refractivity contribution in [3.05, 3.63) is 52.3 Å². The number of hydrogen-bond donors (Lipinski definition) is 2. The highest BCUT2D eigenvalue weighted by Crippen LogP contribution is 2.29. The highest BCUT2D eigenvalue weighted by Gasteiger charge is 2.14. The van der Waals surface area contributed by atoms with Gasteiger partial charge in [0.1, 0.15) is 0 Å². The van der Waals surface area contributed by atoms with Crippen molar-refractivity contribution in [3.63, 3.8) is 0 Å². The second-order valence-electron chi connectivity index (χ2n) is 3.55. The number of carbonyl (C=O) groups is 1. The summed E-state index contributed by atoms with van der Waals surface area (Å²) >= 11 is 11.8. The van der Waals surface area contributed by atoms with Crippen LogP contribution in [-0.4, -0.2) is 10.9 Å². The van der Waals surface area contributed by atoms with Gasteiger partial charge in [-0.1, -0.05) is 23.2 Å². The number of halogens is 2. The zero-order chi connectivity index (χ0) is 13.1. The van der Waals surface area contributed by atoms with Crippen LogP contribution in [0.1, 0.15) is 10.4 Å². The number of aromatic nitrogens is 1. The Kier molecular flexibility index (Phi) is 3.69. The number of nitrogen functional groups attached to an aromatic ring is 1. The molecule has 6 heteroatoms. The van der Waals surface area contributed by atoms with Gasteiger partial charge >= 0.3 is 0 Å². The van der Waals surface area contributed by atoms with Gasteiger partial charge in [0.05, 0.1) is 15.6 Å². The van der Waals surface area contributed by atoms with Crippen LogP contribution in [0.2, 0.25) is 10.0 Å². The standard InChI is InChI=1S/C12H9Cl2N3O/c13-10-6-7(15)5-9(11(10)14)12(18)17-8-1-3-16-4-2-8/h1-6H,15H2,(H,16,17,18). The van der Waals surface area contributed by atoms with E-state index in [-0.39, 0.29) is 21.5 Å². The molecule has 2 rings (SSSR count). The quantitative estimate of drug-likeness (QED) is 0.831. The van der Waals surface area contributed by atoms with Crippen LogP contribution in [0.5, 0.6) is 0 Å². The fraction of sp³-hybridized carbons (Fsp3) is 0. The molecule has 0 fully saturated rings. The second-order valence-corrected chi connectivity index (χ2v) is 4.34. The molecule has 0 aliphatic rings. The van der Waals surface area contributed by atoms with Crippen molar-refractivity contribution in [2.45, 2.75) is 0 Å². The molecule has 3 N–H and O–H groups in total. The molecule has 1 aromatic heterocycles. The predicted octanol–water partition coefficient (Wildman–Crippen LogP) is 3.22. The van der Waals surface area contributed by atoms with Gasteiger partial charge in [0.2, 0.25) is 0 Å². The molecule has 1 heterocycles. The maximum Gasteiger partial charge on any atom is 0.257 e. The Bertz CT molecular complexity index is 587. The first-order valence-corrected chi connectivity index (χ1v) is 5.79. The molecular formula is C12H9Cl2N3O. The number of nitrogens with two attached hydrogens (primary N) is 1. The molecule has 0 saturated heterocycles. The molecule has 0 radical (unpaired) electrons. The van der Waals surface area contributed by atoms with Crippen LogP contribution in [0.25, 0.3) is 0 Å². The number of benzene rings is 1. The predicted molar refractivity (Wildman–Crippen MR) is 73.1 cm³/mol. The van der Waals surface area contributed by atoms with Crippen LogP contribution in [0.4, 0.5) is 11.4 Å². The summed E-state index contributed by atoms with van der Waals surface area (Å²) in [7, 11) is 0. The number of amides is 1. The Hall–Kier alpha value is -1.78. The van der Waals surface area contributed by atoms with E-state index in [0.29, 0.717) is 11.4 Å². The fourth-order valence-electron chi connectivity index (χ4n) is 1.41. The first-order valence-electron chi connectivity index (χ1n) is 5.04. The number of nitrogens with zero attached hydrogens (tertiary/aromatic N) is 1. The van der Waals surface area contributed by atoms with Crippen LogP contribution in [0.3, 0.4) is 0 Å². The van der Waals surface area contributed by atoms with Gasteiger partial charge in [-0.05, 0) is 24.3 Å². The van der Waals surface area contributed by atoms with Crippen molar-refractivity contribution in [2.75, 3.05) is 11.1 Å². The lowest BCUT2D eigenvalue weighted by Gasteiger charge is -2.08. The number of rotatable bonds is 2. The number of hydrogen-bond acceptors (Lipinski definition) is 3. The zero-order valence-electron chi connectivity index (χ0n) is 9.15. The summed E-state index contributed by atoms with van der Waals surface area (Å²) in [6, 6.07) is 6.30. The van der Waals surface area contributed by atoms with E-state index < -0.39 is 0 Å². The molecule has 1 aromatic carbocycles. The van der Waals surface area contributed by atoms with Gasteiger partial charge in [-0.15, -0.1) is 0 Å². The molecule has 2 aromatic rings. The third-order valence-electron chi connectivity index (χ3n) is 2.23. The van der Waals surface area contributed by atoms with E-state index in [9.17, 15) is 4.79 Å². The van der Waals surface area contributed by atoms with Crippen molar-refractivity contribution < 1.29 is 4.79 Å². The van der Waals surface area contributed by atoms with Crippen molar-refractivity contribution in [3.8, 4) is 0 Å². The maximum absolute atomic E-state index is 12.0. The lowest BCUT2D eigenvalue weighted by atomic mass is 10.2. The van der Waals surface area contributed by atoms with Gasteiger partial charge in [-0.25, -0.2) is 0 Å². The summed E-state index contributed by atoms with van der Waals surface area (Å²) < 4.78 is 0. The number of carbonyl (C=O) groups excluding carboxylic acids is 1. The Labute approximate surface area is 114 Å². The van der Waals surface area contributed by atoms with Gasteiger partial charge in [0.25, 0.3) is 5.91 Å². The zero-order valence-corrected chi connectivity index (χ0v) is 10.7. The van der Waals surface area contributed by atoms with Gasteiger partial charge < -0.3 is 11.1 Å². The van der Waals surface area contributed by atoms with Crippen LogP contribution in [0, 0.1) is 0 Å². The largest absolute Gasteiger partial charge is 0.399 e. The monoisotopic (exact) mass is 281 g/mol. The normalized spacial score (nSPS) is 10.1. The molecule has 1 amide bonds. The molecule has 92 valence electrons. The Morgan fingerprint density at radius 1 is 1.22 bits per heavy atom. The first-order chi connectivity index (χ1) is 8.58. The maximum atomic E-state index is 12.0. The Morgan fingerprint density at radius 3 is 2.56 bits per heavy atom. The molecule has 0 spiro atoms. The van der Waals surface area contributed by atoms with Crippen LogP contribution < -0.4 is 11.1 Å². The van der Waals surface area contributed by atoms with Crippen molar-refractivity contribution in [2.24, 2.45) is 0 Å². The summed E-state index contributed by atoms with van der Waals surface area (Å²) in [6.45, 7) is 0. The second kappa shape index (κ2) is 5.25. The van der Waals surface area contributed by atoms with Crippen molar-refractivity contribution in [1.29, 1.82) is 0 Å². The number of pyridine rings is 1. The number of nitrogens with one attached hydrogen (secondary N) is 1. The van der Waals surface area contributed by atoms with Crippen molar-refractivity contribution in [1.82, 2.24) is 4.98 Å². The number of anilines is 2. The minimum Gasteiger partial charge on any atom is -0.399 e. The first kappa shape index (κ1) is 12.7. The molecule has 0 saturated carbocycles. The molecule has 0 aliphatic heterocycles. The van der Waals surface area contributed by atoms with Gasteiger partial charge in [0, 0.05) is 23.8 Å². The van der Waals surface area contributed by atoms with Gasteiger partial charge in [-0.3, -0.25) is 9.78 Å². The molecule has 0 aliphatic carbocycles. The van der Waals surface area contributed by atoms with E-state index >= 15 is 0 Å². The third-order valence-corrected chi connectivity index (χ3v) is 3.04. The summed E-state index contributed by atoms with van der Waals surface area (Å²) in [4.78, 5) is 15.9. The Morgan fingerprint density at radius 2 is 1.89 bits per heavy atom. The van der Waals surface area contributed by atoms with E-state index in [1.807, 2.05) is 0 Å². The van der Waals surface area contributed by atoms with Crippen LogP contribution in [0.15, 0.2) is 36.7 Å².